The van der Waals surface area contributed by atoms with Crippen molar-refractivity contribution >= 4 is 5.82 Å². The molecular formula is C25H40N4O. The van der Waals surface area contributed by atoms with Crippen molar-refractivity contribution in [2.24, 2.45) is 17.8 Å². The van der Waals surface area contributed by atoms with E-state index in [2.05, 4.69) is 51.3 Å². The standard InChI is InChI=1S/C25H40N4O/c1-6-11-22-23(9-4)27-25(30-18-21-13-10-12-20(21)8-3)28-24(22)29(16-7-2)17-19(5)14-15-26/h8,19-21H,3,6-7,9-14,16-18H2,1-2,4-5H3/t19-,20?,21-/m0/s1. The number of ether oxygens (including phenoxy) is 1. The Hall–Kier alpha value is -2.09. The van der Waals surface area contributed by atoms with Crippen LogP contribution in [0.15, 0.2) is 12.7 Å². The molecule has 1 heterocycles. The third kappa shape index (κ3) is 6.45. The minimum atomic E-state index is 0.298. The maximum Gasteiger partial charge on any atom is 0.318 e. The summed E-state index contributed by atoms with van der Waals surface area (Å²) < 4.78 is 6.17. The molecule has 2 rings (SSSR count). The molecule has 166 valence electrons. The van der Waals surface area contributed by atoms with Gasteiger partial charge in [-0.1, -0.05) is 46.6 Å². The summed E-state index contributed by atoms with van der Waals surface area (Å²) in [6, 6.07) is 2.81. The Balaban J connectivity index is 2.32. The Labute approximate surface area is 183 Å². The van der Waals surface area contributed by atoms with Gasteiger partial charge in [0.15, 0.2) is 0 Å². The van der Waals surface area contributed by atoms with Gasteiger partial charge in [0.2, 0.25) is 0 Å². The van der Waals surface area contributed by atoms with Crippen LogP contribution in [0, 0.1) is 29.1 Å². The van der Waals surface area contributed by atoms with E-state index in [1.54, 1.807) is 0 Å². The van der Waals surface area contributed by atoms with Crippen LogP contribution in [0.5, 0.6) is 6.01 Å². The van der Waals surface area contributed by atoms with Gasteiger partial charge in [0.05, 0.1) is 18.4 Å². The van der Waals surface area contributed by atoms with E-state index in [1.807, 2.05) is 0 Å². The minimum Gasteiger partial charge on any atom is -0.463 e. The molecule has 1 aliphatic rings. The van der Waals surface area contributed by atoms with Crippen molar-refractivity contribution in [1.82, 2.24) is 9.97 Å². The van der Waals surface area contributed by atoms with Crippen LogP contribution in [0.4, 0.5) is 5.82 Å². The van der Waals surface area contributed by atoms with Gasteiger partial charge in [-0.3, -0.25) is 0 Å². The number of aryl methyl sites for hydroxylation is 1. The van der Waals surface area contributed by atoms with Crippen molar-refractivity contribution in [2.45, 2.75) is 79.1 Å². The largest absolute Gasteiger partial charge is 0.463 e. The van der Waals surface area contributed by atoms with Crippen LogP contribution < -0.4 is 9.64 Å². The molecule has 1 aromatic heterocycles. The van der Waals surface area contributed by atoms with Gasteiger partial charge in [0.25, 0.3) is 0 Å². The van der Waals surface area contributed by atoms with E-state index in [0.717, 1.165) is 50.3 Å². The molecule has 3 atom stereocenters. The van der Waals surface area contributed by atoms with Gasteiger partial charge in [-0.2, -0.15) is 15.2 Å². The number of hydrogen-bond donors (Lipinski definition) is 0. The topological polar surface area (TPSA) is 62.0 Å². The monoisotopic (exact) mass is 412 g/mol. The molecule has 30 heavy (non-hydrogen) atoms. The molecule has 0 amide bonds. The highest BCUT2D eigenvalue weighted by molar-refractivity contribution is 5.50. The van der Waals surface area contributed by atoms with E-state index in [9.17, 15) is 0 Å². The number of allylic oxidation sites excluding steroid dienone is 1. The minimum absolute atomic E-state index is 0.298. The summed E-state index contributed by atoms with van der Waals surface area (Å²) in [5.74, 6) is 2.36. The number of aromatic nitrogens is 2. The summed E-state index contributed by atoms with van der Waals surface area (Å²) in [6.07, 6.45) is 10.2. The summed E-state index contributed by atoms with van der Waals surface area (Å²) in [5.41, 5.74) is 2.34. The van der Waals surface area contributed by atoms with Crippen LogP contribution in [0.25, 0.3) is 0 Å². The van der Waals surface area contributed by atoms with Crippen molar-refractivity contribution in [3.8, 4) is 12.1 Å². The molecule has 1 saturated carbocycles. The summed E-state index contributed by atoms with van der Waals surface area (Å²) in [4.78, 5) is 12.1. The van der Waals surface area contributed by atoms with Crippen molar-refractivity contribution in [3.05, 3.63) is 23.9 Å². The zero-order chi connectivity index (χ0) is 21.9. The van der Waals surface area contributed by atoms with E-state index in [4.69, 9.17) is 20.0 Å². The average molecular weight is 413 g/mol. The second-order valence-corrected chi connectivity index (χ2v) is 8.67. The van der Waals surface area contributed by atoms with Gasteiger partial charge in [0, 0.05) is 25.1 Å². The van der Waals surface area contributed by atoms with E-state index in [-0.39, 0.29) is 0 Å². The first-order chi connectivity index (χ1) is 14.6. The van der Waals surface area contributed by atoms with Crippen molar-refractivity contribution in [1.29, 1.82) is 5.26 Å². The molecule has 1 aromatic rings. The number of hydrogen-bond acceptors (Lipinski definition) is 5. The van der Waals surface area contributed by atoms with Crippen LogP contribution in [-0.2, 0) is 12.8 Å². The Morgan fingerprint density at radius 3 is 2.70 bits per heavy atom. The number of nitriles is 1. The highest BCUT2D eigenvalue weighted by atomic mass is 16.5. The maximum atomic E-state index is 9.11. The molecule has 1 unspecified atom stereocenters. The Kier molecular flexibility index (Phi) is 10.1. The molecule has 0 saturated heterocycles. The number of nitrogens with zero attached hydrogens (tertiary/aromatic N) is 4. The molecule has 0 N–H and O–H groups in total. The van der Waals surface area contributed by atoms with Gasteiger partial charge in [-0.05, 0) is 49.9 Å². The summed E-state index contributed by atoms with van der Waals surface area (Å²) in [5, 5.41) is 9.11. The Bertz CT molecular complexity index is 712. The zero-order valence-electron chi connectivity index (χ0n) is 19.5. The van der Waals surface area contributed by atoms with E-state index >= 15 is 0 Å². The van der Waals surface area contributed by atoms with Crippen LogP contribution >= 0.6 is 0 Å². The number of anilines is 1. The fourth-order valence-corrected chi connectivity index (χ4v) is 4.53. The predicted molar refractivity (Wildman–Crippen MR) is 124 cm³/mol. The quantitative estimate of drug-likeness (QED) is 0.387. The number of rotatable bonds is 13. The lowest BCUT2D eigenvalue weighted by atomic mass is 9.97. The normalized spacial score (nSPS) is 19.3. The van der Waals surface area contributed by atoms with Gasteiger partial charge < -0.3 is 9.64 Å². The van der Waals surface area contributed by atoms with Crippen molar-refractivity contribution < 1.29 is 4.74 Å². The average Bonchev–Trinajstić information content (AvgIpc) is 3.20. The molecule has 5 heteroatoms. The first kappa shape index (κ1) is 24.2. The summed E-state index contributed by atoms with van der Waals surface area (Å²) in [6.45, 7) is 15.1. The second-order valence-electron chi connectivity index (χ2n) is 8.67. The predicted octanol–water partition coefficient (Wildman–Crippen LogP) is 5.74. The fraction of sp³-hybridized carbons (Fsp3) is 0.720. The molecule has 1 fully saturated rings. The molecule has 0 aliphatic heterocycles. The Morgan fingerprint density at radius 2 is 2.07 bits per heavy atom. The lowest BCUT2D eigenvalue weighted by molar-refractivity contribution is 0.215. The highest BCUT2D eigenvalue weighted by Gasteiger charge is 2.26. The van der Waals surface area contributed by atoms with Crippen molar-refractivity contribution in [2.75, 3.05) is 24.6 Å². The summed E-state index contributed by atoms with van der Waals surface area (Å²) >= 11 is 0. The van der Waals surface area contributed by atoms with Gasteiger partial charge >= 0.3 is 6.01 Å². The van der Waals surface area contributed by atoms with Crippen LogP contribution in [-0.4, -0.2) is 29.7 Å². The molecule has 1 aliphatic carbocycles. The maximum absolute atomic E-state index is 9.11. The SMILES string of the molecule is C=CC1CCC[C@H]1COc1nc(CC)c(CCC)c(N(CCC)C[C@@H](C)CC#N)n1. The zero-order valence-corrected chi connectivity index (χ0v) is 19.5. The lowest BCUT2D eigenvalue weighted by Gasteiger charge is -2.29. The molecule has 0 spiro atoms. The molecule has 5 nitrogen and oxygen atoms in total. The van der Waals surface area contributed by atoms with Crippen LogP contribution in [0.3, 0.4) is 0 Å². The van der Waals surface area contributed by atoms with Crippen LogP contribution in [0.2, 0.25) is 0 Å². The highest BCUT2D eigenvalue weighted by Crippen LogP contribution is 2.33. The van der Waals surface area contributed by atoms with Gasteiger partial charge in [-0.25, -0.2) is 0 Å². The Morgan fingerprint density at radius 1 is 1.27 bits per heavy atom. The molecule has 0 aromatic carbocycles. The van der Waals surface area contributed by atoms with Gasteiger partial charge in [0.1, 0.15) is 5.82 Å². The smallest absolute Gasteiger partial charge is 0.318 e. The molecule has 0 bridgehead atoms. The molecular weight excluding hydrogens is 372 g/mol. The summed E-state index contributed by atoms with van der Waals surface area (Å²) in [7, 11) is 0. The second kappa shape index (κ2) is 12.6. The van der Waals surface area contributed by atoms with Gasteiger partial charge in [-0.15, -0.1) is 6.58 Å². The first-order valence-electron chi connectivity index (χ1n) is 11.8. The fourth-order valence-electron chi connectivity index (χ4n) is 4.53. The molecule has 0 radical (unpaired) electrons. The third-order valence-electron chi connectivity index (χ3n) is 6.10. The third-order valence-corrected chi connectivity index (χ3v) is 6.10. The van der Waals surface area contributed by atoms with E-state index in [1.165, 1.54) is 24.8 Å². The van der Waals surface area contributed by atoms with E-state index in [0.29, 0.717) is 36.8 Å². The van der Waals surface area contributed by atoms with Crippen molar-refractivity contribution in [3.63, 3.8) is 0 Å². The first-order valence-corrected chi connectivity index (χ1v) is 11.8. The van der Waals surface area contributed by atoms with Crippen LogP contribution in [0.1, 0.15) is 77.5 Å². The lowest BCUT2D eigenvalue weighted by Crippen LogP contribution is -2.32. The van der Waals surface area contributed by atoms with E-state index < -0.39 is 0 Å².